The van der Waals surface area contributed by atoms with Crippen LogP contribution in [0.5, 0.6) is 5.75 Å². The van der Waals surface area contributed by atoms with Crippen LogP contribution in [0.4, 0.5) is 0 Å². The molecular formula is C26H29N3O3S. The van der Waals surface area contributed by atoms with Gasteiger partial charge >= 0.3 is 0 Å². The average molecular weight is 464 g/mol. The number of nitrogens with zero attached hydrogens (tertiary/aromatic N) is 2. The number of amides is 2. The fourth-order valence-corrected chi connectivity index (χ4v) is 5.00. The molecule has 7 heteroatoms. The maximum Gasteiger partial charge on any atom is 0.273 e. The van der Waals surface area contributed by atoms with Crippen molar-refractivity contribution in [2.24, 2.45) is 0 Å². The Balaban J connectivity index is 1.73. The number of benzene rings is 1. The van der Waals surface area contributed by atoms with Gasteiger partial charge in [-0.2, -0.15) is 0 Å². The van der Waals surface area contributed by atoms with Gasteiger partial charge in [0.05, 0.1) is 13.7 Å². The van der Waals surface area contributed by atoms with E-state index < -0.39 is 6.04 Å². The van der Waals surface area contributed by atoms with Gasteiger partial charge < -0.3 is 15.0 Å². The Morgan fingerprint density at radius 1 is 1.12 bits per heavy atom. The molecule has 4 rings (SSSR count). The van der Waals surface area contributed by atoms with E-state index in [0.717, 1.165) is 30.6 Å². The zero-order chi connectivity index (χ0) is 23.0. The molecule has 1 aliphatic rings. The molecule has 0 aliphatic heterocycles. The lowest BCUT2D eigenvalue weighted by molar-refractivity contribution is -0.127. The molecule has 3 aromatic rings. The van der Waals surface area contributed by atoms with Crippen molar-refractivity contribution >= 4 is 23.2 Å². The van der Waals surface area contributed by atoms with Crippen molar-refractivity contribution in [3.05, 3.63) is 82.3 Å². The number of ether oxygens (including phenoxy) is 1. The van der Waals surface area contributed by atoms with E-state index >= 15 is 0 Å². The van der Waals surface area contributed by atoms with Crippen molar-refractivity contribution in [3.63, 3.8) is 0 Å². The lowest BCUT2D eigenvalue weighted by atomic mass is 9.94. The molecule has 0 spiro atoms. The normalized spacial score (nSPS) is 14.9. The van der Waals surface area contributed by atoms with Gasteiger partial charge in [0.1, 0.15) is 17.5 Å². The van der Waals surface area contributed by atoms with Crippen molar-refractivity contribution in [3.8, 4) is 5.75 Å². The highest BCUT2D eigenvalue weighted by molar-refractivity contribution is 7.09. The van der Waals surface area contributed by atoms with Gasteiger partial charge in [-0.05, 0) is 54.1 Å². The highest BCUT2D eigenvalue weighted by Gasteiger charge is 2.34. The fraction of sp³-hybridized carbons (Fsp3) is 0.346. The second-order valence-corrected chi connectivity index (χ2v) is 9.28. The molecule has 6 nitrogen and oxygen atoms in total. The Morgan fingerprint density at radius 3 is 2.67 bits per heavy atom. The average Bonchev–Trinajstić information content (AvgIpc) is 3.38. The first-order valence-electron chi connectivity index (χ1n) is 11.3. The SMILES string of the molecule is COc1cccc([C@H](C(=O)NC2CCCCC2)N(Cc2cccs2)C(=O)c2ccccn2)c1. The van der Waals surface area contributed by atoms with Gasteiger partial charge in [0, 0.05) is 17.1 Å². The van der Waals surface area contributed by atoms with Gasteiger partial charge in [0.2, 0.25) is 5.91 Å². The van der Waals surface area contributed by atoms with Gasteiger partial charge in [-0.1, -0.05) is 43.5 Å². The van der Waals surface area contributed by atoms with Crippen LogP contribution in [0, 0.1) is 0 Å². The second kappa shape index (κ2) is 11.1. The third kappa shape index (κ3) is 5.79. The van der Waals surface area contributed by atoms with Gasteiger partial charge in [0.25, 0.3) is 5.91 Å². The minimum absolute atomic E-state index is 0.132. The lowest BCUT2D eigenvalue weighted by Gasteiger charge is -2.33. The molecule has 0 bridgehead atoms. The van der Waals surface area contributed by atoms with Crippen LogP contribution < -0.4 is 10.1 Å². The van der Waals surface area contributed by atoms with E-state index in [4.69, 9.17) is 4.74 Å². The summed E-state index contributed by atoms with van der Waals surface area (Å²) < 4.78 is 5.42. The highest BCUT2D eigenvalue weighted by atomic mass is 32.1. The maximum atomic E-state index is 13.8. The Hall–Kier alpha value is -3.19. The van der Waals surface area contributed by atoms with Crippen LogP contribution >= 0.6 is 11.3 Å². The second-order valence-electron chi connectivity index (χ2n) is 8.25. The summed E-state index contributed by atoms with van der Waals surface area (Å²) in [6.45, 7) is 0.313. The third-order valence-corrected chi connectivity index (χ3v) is 6.83. The first-order chi connectivity index (χ1) is 16.2. The van der Waals surface area contributed by atoms with Crippen molar-refractivity contribution in [1.29, 1.82) is 0 Å². The monoisotopic (exact) mass is 463 g/mol. The van der Waals surface area contributed by atoms with E-state index in [2.05, 4.69) is 10.3 Å². The number of rotatable bonds is 8. The molecular weight excluding hydrogens is 434 g/mol. The summed E-state index contributed by atoms with van der Waals surface area (Å²) in [6, 6.07) is 15.9. The van der Waals surface area contributed by atoms with Gasteiger partial charge in [0.15, 0.2) is 0 Å². The Bertz CT molecular complexity index is 1050. The zero-order valence-electron chi connectivity index (χ0n) is 18.8. The molecule has 1 N–H and O–H groups in total. The van der Waals surface area contributed by atoms with E-state index in [1.165, 1.54) is 6.42 Å². The fourth-order valence-electron chi connectivity index (χ4n) is 4.30. The van der Waals surface area contributed by atoms with Crippen LogP contribution in [0.15, 0.2) is 66.2 Å². The van der Waals surface area contributed by atoms with E-state index in [-0.39, 0.29) is 17.9 Å². The topological polar surface area (TPSA) is 71.5 Å². The summed E-state index contributed by atoms with van der Waals surface area (Å²) >= 11 is 1.56. The van der Waals surface area contributed by atoms with Crippen molar-refractivity contribution < 1.29 is 14.3 Å². The summed E-state index contributed by atoms with van der Waals surface area (Å²) in [7, 11) is 1.60. The standard InChI is InChI=1S/C26H29N3O3S/c1-32-21-12-7-9-19(17-21)24(25(30)28-20-10-3-2-4-11-20)29(18-22-13-8-16-33-22)26(31)23-14-5-6-15-27-23/h5-9,12-17,20,24H,2-4,10-11,18H2,1H3,(H,28,30)/t24-/m1/s1. The number of carbonyl (C=O) groups is 2. The highest BCUT2D eigenvalue weighted by Crippen LogP contribution is 2.30. The van der Waals surface area contributed by atoms with Crippen LogP contribution in [0.3, 0.4) is 0 Å². The summed E-state index contributed by atoms with van der Waals surface area (Å²) in [6.07, 6.45) is 6.96. The number of aromatic nitrogens is 1. The zero-order valence-corrected chi connectivity index (χ0v) is 19.6. The maximum absolute atomic E-state index is 13.8. The summed E-state index contributed by atoms with van der Waals surface area (Å²) in [5, 5.41) is 5.20. The quantitative estimate of drug-likeness (QED) is 0.511. The molecule has 1 aromatic carbocycles. The molecule has 1 aliphatic carbocycles. The van der Waals surface area contributed by atoms with Crippen LogP contribution in [-0.2, 0) is 11.3 Å². The molecule has 1 atom stereocenters. The predicted molar refractivity (Wildman–Crippen MR) is 129 cm³/mol. The molecule has 172 valence electrons. The van der Waals surface area contributed by atoms with Crippen LogP contribution in [0.1, 0.15) is 59.1 Å². The van der Waals surface area contributed by atoms with E-state index in [1.807, 2.05) is 41.8 Å². The number of hydrogen-bond acceptors (Lipinski definition) is 5. The molecule has 0 radical (unpaired) electrons. The molecule has 1 fully saturated rings. The number of carbonyl (C=O) groups excluding carboxylic acids is 2. The number of nitrogens with one attached hydrogen (secondary N) is 1. The Morgan fingerprint density at radius 2 is 1.97 bits per heavy atom. The molecule has 1 saturated carbocycles. The third-order valence-electron chi connectivity index (χ3n) is 5.97. The number of methoxy groups -OCH3 is 1. The number of pyridine rings is 1. The molecule has 2 aromatic heterocycles. The molecule has 2 heterocycles. The molecule has 2 amide bonds. The van der Waals surface area contributed by atoms with Crippen LogP contribution in [0.25, 0.3) is 0 Å². The van der Waals surface area contributed by atoms with E-state index in [1.54, 1.807) is 47.7 Å². The van der Waals surface area contributed by atoms with Crippen LogP contribution in [-0.4, -0.2) is 34.8 Å². The minimum atomic E-state index is -0.807. The van der Waals surface area contributed by atoms with Crippen molar-refractivity contribution in [2.75, 3.05) is 7.11 Å². The van der Waals surface area contributed by atoms with Crippen LogP contribution in [0.2, 0.25) is 0 Å². The molecule has 0 unspecified atom stereocenters. The van der Waals surface area contributed by atoms with E-state index in [0.29, 0.717) is 23.6 Å². The Labute approximate surface area is 198 Å². The van der Waals surface area contributed by atoms with Crippen molar-refractivity contribution in [2.45, 2.75) is 50.7 Å². The van der Waals surface area contributed by atoms with Gasteiger partial charge in [-0.15, -0.1) is 11.3 Å². The van der Waals surface area contributed by atoms with Crippen molar-refractivity contribution in [1.82, 2.24) is 15.2 Å². The first kappa shape index (κ1) is 23.0. The Kier molecular flexibility index (Phi) is 7.73. The smallest absolute Gasteiger partial charge is 0.273 e. The number of thiophene rings is 1. The summed E-state index contributed by atoms with van der Waals surface area (Å²) in [4.78, 5) is 34.3. The van der Waals surface area contributed by atoms with E-state index in [9.17, 15) is 9.59 Å². The minimum Gasteiger partial charge on any atom is -0.497 e. The summed E-state index contributed by atoms with van der Waals surface area (Å²) in [5.74, 6) is 0.191. The van der Waals surface area contributed by atoms with Gasteiger partial charge in [-0.25, -0.2) is 0 Å². The van der Waals surface area contributed by atoms with Gasteiger partial charge in [-0.3, -0.25) is 14.6 Å². The lowest BCUT2D eigenvalue weighted by Crippen LogP contribution is -2.47. The largest absolute Gasteiger partial charge is 0.497 e. The number of hydrogen-bond donors (Lipinski definition) is 1. The molecule has 0 saturated heterocycles. The predicted octanol–water partition coefficient (Wildman–Crippen LogP) is 4.98. The summed E-state index contributed by atoms with van der Waals surface area (Å²) in [5.41, 5.74) is 1.02. The molecule has 33 heavy (non-hydrogen) atoms. The first-order valence-corrected chi connectivity index (χ1v) is 12.2.